The van der Waals surface area contributed by atoms with Crippen molar-refractivity contribution >= 4 is 46.1 Å². The van der Waals surface area contributed by atoms with E-state index in [1.807, 2.05) is 0 Å². The number of allylic oxidation sites excluding steroid dienone is 1. The van der Waals surface area contributed by atoms with E-state index >= 15 is 0 Å². The van der Waals surface area contributed by atoms with Crippen molar-refractivity contribution in [3.05, 3.63) is 83.5 Å². The van der Waals surface area contributed by atoms with Gasteiger partial charge < -0.3 is 19.5 Å². The predicted octanol–water partition coefficient (Wildman–Crippen LogP) is 3.18. The van der Waals surface area contributed by atoms with Crippen LogP contribution in [0.3, 0.4) is 0 Å². The van der Waals surface area contributed by atoms with Gasteiger partial charge in [-0.2, -0.15) is 0 Å². The zero-order valence-corrected chi connectivity index (χ0v) is 22.8. The molecule has 0 saturated heterocycles. The summed E-state index contributed by atoms with van der Waals surface area (Å²) in [7, 11) is 3.03. The van der Waals surface area contributed by atoms with Crippen LogP contribution in [0, 0.1) is 0 Å². The van der Waals surface area contributed by atoms with Crippen LogP contribution in [0.4, 0.5) is 5.69 Å². The molecule has 0 bridgehead atoms. The summed E-state index contributed by atoms with van der Waals surface area (Å²) in [6.07, 6.45) is -0.397. The van der Waals surface area contributed by atoms with E-state index < -0.39 is 29.6 Å². The fraction of sp³-hybridized carbons (Fsp3) is 0.259. The Morgan fingerprint density at radius 1 is 1.13 bits per heavy atom. The number of hydrogen-bond donors (Lipinski definition) is 1. The first-order valence-corrected chi connectivity index (χ1v) is 12.9. The Hall–Kier alpha value is -3.89. The molecule has 196 valence electrons. The van der Waals surface area contributed by atoms with Crippen molar-refractivity contribution in [2.24, 2.45) is 4.99 Å². The number of thiazole rings is 1. The van der Waals surface area contributed by atoms with E-state index in [1.54, 1.807) is 57.2 Å². The highest BCUT2D eigenvalue weighted by Crippen LogP contribution is 2.38. The molecule has 5 rings (SSSR count). The second kappa shape index (κ2) is 9.77. The van der Waals surface area contributed by atoms with E-state index in [0.717, 1.165) is 11.3 Å². The molecular formula is C27H24ClN3O6S. The predicted molar refractivity (Wildman–Crippen MR) is 144 cm³/mol. The molecule has 1 aromatic heterocycles. The van der Waals surface area contributed by atoms with E-state index in [0.29, 0.717) is 43.8 Å². The molecule has 2 aromatic carbocycles. The lowest BCUT2D eigenvalue weighted by atomic mass is 9.94. The molecule has 11 heteroatoms. The Bertz CT molecular complexity index is 1720. The average molecular weight is 554 g/mol. The number of amides is 1. The number of nitrogens with one attached hydrogen (secondary N) is 1. The van der Waals surface area contributed by atoms with Crippen LogP contribution in [0.5, 0.6) is 11.5 Å². The molecule has 1 amide bonds. The maximum absolute atomic E-state index is 14.1. The van der Waals surface area contributed by atoms with Gasteiger partial charge in [0.15, 0.2) is 4.80 Å². The molecule has 2 aliphatic heterocycles. The third-order valence-electron chi connectivity index (χ3n) is 6.24. The fourth-order valence-electron chi connectivity index (χ4n) is 4.62. The van der Waals surface area contributed by atoms with Gasteiger partial charge in [0.05, 0.1) is 37.2 Å². The van der Waals surface area contributed by atoms with Crippen molar-refractivity contribution in [3.8, 4) is 11.5 Å². The second-order valence-electron chi connectivity index (χ2n) is 8.98. The van der Waals surface area contributed by atoms with Crippen LogP contribution in [0.2, 0.25) is 5.02 Å². The Kier molecular flexibility index (Phi) is 6.62. The number of rotatable bonds is 5. The number of ether oxygens (including phenoxy) is 3. The van der Waals surface area contributed by atoms with Gasteiger partial charge in [0, 0.05) is 21.8 Å². The van der Waals surface area contributed by atoms with Crippen molar-refractivity contribution in [1.82, 2.24) is 4.57 Å². The lowest BCUT2D eigenvalue weighted by Gasteiger charge is -2.26. The molecule has 3 aromatic rings. The highest BCUT2D eigenvalue weighted by molar-refractivity contribution is 7.07. The van der Waals surface area contributed by atoms with Crippen LogP contribution in [0.1, 0.15) is 37.9 Å². The summed E-state index contributed by atoms with van der Waals surface area (Å²) in [5.41, 5.74) is 1.89. The molecule has 1 N–H and O–H groups in total. The molecule has 0 spiro atoms. The smallest absolute Gasteiger partial charge is 0.338 e. The summed E-state index contributed by atoms with van der Waals surface area (Å²) >= 11 is 7.28. The van der Waals surface area contributed by atoms with Crippen molar-refractivity contribution in [1.29, 1.82) is 0 Å². The van der Waals surface area contributed by atoms with Crippen LogP contribution >= 0.6 is 22.9 Å². The van der Waals surface area contributed by atoms with Gasteiger partial charge in [-0.05, 0) is 57.2 Å². The van der Waals surface area contributed by atoms with Crippen molar-refractivity contribution in [2.45, 2.75) is 32.9 Å². The number of carbonyl (C=O) groups excluding carboxylic acids is 2. The minimum Gasteiger partial charge on any atom is -0.497 e. The van der Waals surface area contributed by atoms with Crippen LogP contribution in [-0.2, 0) is 14.3 Å². The SMILES string of the molecule is COc1ccc(OC)c([C@@H]2C(C(=O)OC(C)C)=C(C)N=c3s/c(=C4/C(=O)Nc5ccc(Cl)cc54)c(=O)n32)c1. The maximum atomic E-state index is 14.1. The molecule has 0 fully saturated rings. The molecule has 0 radical (unpaired) electrons. The van der Waals surface area contributed by atoms with E-state index in [2.05, 4.69) is 10.3 Å². The van der Waals surface area contributed by atoms with E-state index in [4.69, 9.17) is 25.8 Å². The molecule has 2 aliphatic rings. The minimum atomic E-state index is -0.944. The normalized spacial score (nSPS) is 17.6. The number of carbonyl (C=O) groups is 2. The Morgan fingerprint density at radius 3 is 2.58 bits per heavy atom. The lowest BCUT2D eigenvalue weighted by molar-refractivity contribution is -0.143. The molecular weight excluding hydrogens is 530 g/mol. The fourth-order valence-corrected chi connectivity index (χ4v) is 5.94. The number of aromatic nitrogens is 1. The Morgan fingerprint density at radius 2 is 1.89 bits per heavy atom. The molecule has 3 heterocycles. The standard InChI is InChI=1S/C27H24ClN3O6S/c1-12(2)37-26(34)20-13(3)29-27-31(22(20)17-11-15(35-4)7-9-19(17)36-5)25(33)23(38-27)21-16-10-14(28)6-8-18(16)30-24(21)32/h6-12,22H,1-5H3,(H,30,32)/b23-21+/t22-/m1/s1. The summed E-state index contributed by atoms with van der Waals surface area (Å²) in [6, 6.07) is 9.19. The zero-order chi connectivity index (χ0) is 27.3. The number of hydrogen-bond acceptors (Lipinski definition) is 8. The van der Waals surface area contributed by atoms with E-state index in [1.165, 1.54) is 18.8 Å². The van der Waals surface area contributed by atoms with Crippen molar-refractivity contribution in [2.75, 3.05) is 19.5 Å². The summed E-state index contributed by atoms with van der Waals surface area (Å²) in [5.74, 6) is -0.0759. The quantitative estimate of drug-likeness (QED) is 0.486. The lowest BCUT2D eigenvalue weighted by Crippen LogP contribution is -2.41. The molecule has 0 saturated carbocycles. The minimum absolute atomic E-state index is 0.181. The van der Waals surface area contributed by atoms with Gasteiger partial charge in [-0.1, -0.05) is 22.9 Å². The zero-order valence-electron chi connectivity index (χ0n) is 21.2. The first-order valence-electron chi connectivity index (χ1n) is 11.7. The molecule has 38 heavy (non-hydrogen) atoms. The third-order valence-corrected chi connectivity index (χ3v) is 7.53. The summed E-state index contributed by atoms with van der Waals surface area (Å²) in [5, 5.41) is 3.22. The number of benzene rings is 2. The van der Waals surface area contributed by atoms with Crippen LogP contribution < -0.4 is 29.7 Å². The van der Waals surface area contributed by atoms with Gasteiger partial charge in [-0.25, -0.2) is 9.79 Å². The number of anilines is 1. The van der Waals surface area contributed by atoms with Gasteiger partial charge in [0.1, 0.15) is 22.1 Å². The number of halogens is 1. The third kappa shape index (κ3) is 4.19. The number of esters is 1. The van der Waals surface area contributed by atoms with Gasteiger partial charge in [0.2, 0.25) is 0 Å². The second-order valence-corrected chi connectivity index (χ2v) is 10.4. The largest absolute Gasteiger partial charge is 0.497 e. The average Bonchev–Trinajstić information content (AvgIpc) is 3.36. The van der Waals surface area contributed by atoms with Crippen molar-refractivity contribution in [3.63, 3.8) is 0 Å². The van der Waals surface area contributed by atoms with Crippen molar-refractivity contribution < 1.29 is 23.8 Å². The first kappa shape index (κ1) is 25.7. The first-order chi connectivity index (χ1) is 18.1. The summed E-state index contributed by atoms with van der Waals surface area (Å²) in [6.45, 7) is 5.18. The summed E-state index contributed by atoms with van der Waals surface area (Å²) < 4.78 is 18.2. The van der Waals surface area contributed by atoms with E-state index in [-0.39, 0.29) is 15.7 Å². The molecule has 1 atom stereocenters. The maximum Gasteiger partial charge on any atom is 0.338 e. The summed E-state index contributed by atoms with van der Waals surface area (Å²) in [4.78, 5) is 45.4. The highest BCUT2D eigenvalue weighted by Gasteiger charge is 2.37. The van der Waals surface area contributed by atoms with Gasteiger partial charge in [-0.3, -0.25) is 14.2 Å². The van der Waals surface area contributed by atoms with Crippen LogP contribution in [0.25, 0.3) is 5.57 Å². The topological polar surface area (TPSA) is 108 Å². The van der Waals surface area contributed by atoms with Crippen LogP contribution in [-0.4, -0.2) is 36.8 Å². The number of nitrogens with zero attached hydrogens (tertiary/aromatic N) is 2. The Balaban J connectivity index is 1.85. The van der Waals surface area contributed by atoms with Gasteiger partial charge in [0.25, 0.3) is 11.5 Å². The Labute approximate surface area is 226 Å². The molecule has 0 unspecified atom stereocenters. The van der Waals surface area contributed by atoms with Gasteiger partial charge in [-0.15, -0.1) is 0 Å². The monoisotopic (exact) mass is 553 g/mol. The molecule has 0 aliphatic carbocycles. The number of fused-ring (bicyclic) bond motifs is 2. The highest BCUT2D eigenvalue weighted by atomic mass is 35.5. The van der Waals surface area contributed by atoms with Gasteiger partial charge >= 0.3 is 5.97 Å². The number of methoxy groups -OCH3 is 2. The van der Waals surface area contributed by atoms with E-state index in [9.17, 15) is 14.4 Å². The van der Waals surface area contributed by atoms with Crippen LogP contribution in [0.15, 0.2) is 57.5 Å². The molecule has 9 nitrogen and oxygen atoms in total.